The molecular formula is C7H7F2N3O3S. The Morgan fingerprint density at radius 2 is 1.94 bits per heavy atom. The number of sulfonamides is 1. The van der Waals surface area contributed by atoms with Crippen molar-refractivity contribution in [1.29, 1.82) is 0 Å². The van der Waals surface area contributed by atoms with Gasteiger partial charge in [0.05, 0.1) is 0 Å². The number of urea groups is 1. The number of benzene rings is 1. The number of hydrogen-bond donors (Lipinski definition) is 3. The van der Waals surface area contributed by atoms with Gasteiger partial charge in [-0.15, -0.1) is 4.83 Å². The van der Waals surface area contributed by atoms with Gasteiger partial charge in [0.25, 0.3) is 10.0 Å². The van der Waals surface area contributed by atoms with Crippen LogP contribution in [-0.2, 0) is 10.0 Å². The molecule has 0 aliphatic heterocycles. The van der Waals surface area contributed by atoms with E-state index in [1.807, 2.05) is 0 Å². The van der Waals surface area contributed by atoms with Gasteiger partial charge >= 0.3 is 6.03 Å². The van der Waals surface area contributed by atoms with Crippen molar-refractivity contribution in [2.75, 3.05) is 0 Å². The zero-order valence-electron chi connectivity index (χ0n) is 7.70. The van der Waals surface area contributed by atoms with Crippen LogP contribution in [0.25, 0.3) is 0 Å². The number of carbonyl (C=O) groups is 1. The summed E-state index contributed by atoms with van der Waals surface area (Å²) in [7, 11) is -4.39. The van der Waals surface area contributed by atoms with Crippen LogP contribution in [0.2, 0.25) is 0 Å². The number of hydrogen-bond acceptors (Lipinski definition) is 3. The number of rotatable bonds is 3. The molecule has 0 aromatic heterocycles. The van der Waals surface area contributed by atoms with E-state index in [4.69, 9.17) is 0 Å². The van der Waals surface area contributed by atoms with E-state index in [2.05, 4.69) is 5.73 Å². The van der Waals surface area contributed by atoms with Crippen molar-refractivity contribution in [2.24, 2.45) is 5.73 Å². The molecule has 1 aromatic rings. The molecule has 0 unspecified atom stereocenters. The number of amides is 2. The topological polar surface area (TPSA) is 101 Å². The standard InChI is InChI=1S/C7H7F2N3O3S/c8-4-1-2-5(9)6(3-4)16(14,15)12-11-7(10)13/h1-3,12H,(H3,10,11,13). The first-order valence-electron chi connectivity index (χ1n) is 3.85. The molecule has 1 aromatic carbocycles. The molecule has 0 atom stereocenters. The summed E-state index contributed by atoms with van der Waals surface area (Å²) in [5.74, 6) is -2.08. The van der Waals surface area contributed by atoms with E-state index < -0.39 is 32.6 Å². The Balaban J connectivity index is 3.07. The van der Waals surface area contributed by atoms with Crippen LogP contribution in [0.5, 0.6) is 0 Å². The smallest absolute Gasteiger partial charge is 0.327 e. The number of carbonyl (C=O) groups excluding carboxylic acids is 1. The summed E-state index contributed by atoms with van der Waals surface area (Å²) in [6, 6.07) is 0.699. The molecule has 1 rings (SSSR count). The van der Waals surface area contributed by atoms with Gasteiger partial charge in [-0.3, -0.25) is 5.43 Å². The molecule has 0 aliphatic carbocycles. The van der Waals surface area contributed by atoms with Crippen LogP contribution in [0.4, 0.5) is 13.6 Å². The van der Waals surface area contributed by atoms with Crippen LogP contribution >= 0.6 is 0 Å². The maximum Gasteiger partial charge on any atom is 0.327 e. The Kier molecular flexibility index (Phi) is 3.40. The van der Waals surface area contributed by atoms with Crippen molar-refractivity contribution < 1.29 is 22.0 Å². The molecule has 0 aliphatic rings. The Hall–Kier alpha value is -1.74. The zero-order chi connectivity index (χ0) is 12.3. The number of nitrogens with two attached hydrogens (primary N) is 1. The fourth-order valence-electron chi connectivity index (χ4n) is 0.856. The fraction of sp³-hybridized carbons (Fsp3) is 0. The van der Waals surface area contributed by atoms with Gasteiger partial charge in [0.1, 0.15) is 16.5 Å². The third-order valence-electron chi connectivity index (χ3n) is 1.49. The Bertz CT molecular complexity index is 518. The minimum absolute atomic E-state index is 0.473. The summed E-state index contributed by atoms with van der Waals surface area (Å²) >= 11 is 0. The van der Waals surface area contributed by atoms with Crippen LogP contribution in [0.3, 0.4) is 0 Å². The normalized spacial score (nSPS) is 11.1. The molecule has 0 heterocycles. The Labute approximate surface area is 89.5 Å². The SMILES string of the molecule is NC(=O)NNS(=O)(=O)c1cc(F)ccc1F. The molecule has 0 bridgehead atoms. The summed E-state index contributed by atoms with van der Waals surface area (Å²) < 4.78 is 48.4. The predicted octanol–water partition coefficient (Wildman–Crippen LogP) is -0.174. The van der Waals surface area contributed by atoms with Crippen molar-refractivity contribution in [1.82, 2.24) is 10.3 Å². The summed E-state index contributed by atoms with van der Waals surface area (Å²) in [5, 5.41) is 0. The number of primary amides is 1. The predicted molar refractivity (Wildman–Crippen MR) is 49.4 cm³/mol. The second kappa shape index (κ2) is 4.41. The van der Waals surface area contributed by atoms with Crippen molar-refractivity contribution in [3.8, 4) is 0 Å². The Morgan fingerprint density at radius 3 is 2.50 bits per heavy atom. The first-order valence-corrected chi connectivity index (χ1v) is 5.33. The molecule has 0 radical (unpaired) electrons. The molecular weight excluding hydrogens is 244 g/mol. The van der Waals surface area contributed by atoms with Gasteiger partial charge in [-0.1, -0.05) is 0 Å². The van der Waals surface area contributed by atoms with E-state index in [1.54, 1.807) is 5.43 Å². The monoisotopic (exact) mass is 251 g/mol. The van der Waals surface area contributed by atoms with Gasteiger partial charge in [-0.25, -0.2) is 22.0 Å². The number of halogens is 2. The lowest BCUT2D eigenvalue weighted by molar-refractivity contribution is 0.247. The van der Waals surface area contributed by atoms with E-state index in [0.29, 0.717) is 12.1 Å². The maximum atomic E-state index is 13.1. The highest BCUT2D eigenvalue weighted by molar-refractivity contribution is 7.89. The summed E-state index contributed by atoms with van der Waals surface area (Å²) in [6.07, 6.45) is 0. The fourth-order valence-corrected chi connectivity index (χ4v) is 1.79. The van der Waals surface area contributed by atoms with Gasteiger partial charge < -0.3 is 5.73 Å². The van der Waals surface area contributed by atoms with Gasteiger partial charge in [0.2, 0.25) is 0 Å². The second-order valence-electron chi connectivity index (χ2n) is 2.67. The average molecular weight is 251 g/mol. The molecule has 6 nitrogen and oxygen atoms in total. The summed E-state index contributed by atoms with van der Waals surface area (Å²) in [5.41, 5.74) is 6.14. The largest absolute Gasteiger partial charge is 0.351 e. The van der Waals surface area contributed by atoms with Crippen LogP contribution in [0.1, 0.15) is 0 Å². The van der Waals surface area contributed by atoms with Crippen LogP contribution in [-0.4, -0.2) is 14.4 Å². The zero-order valence-corrected chi connectivity index (χ0v) is 8.51. The summed E-state index contributed by atoms with van der Waals surface area (Å²) in [4.78, 5) is 10.8. The minimum Gasteiger partial charge on any atom is -0.351 e. The lowest BCUT2D eigenvalue weighted by atomic mass is 10.3. The highest BCUT2D eigenvalue weighted by Crippen LogP contribution is 2.14. The van der Waals surface area contributed by atoms with E-state index in [0.717, 1.165) is 6.07 Å². The third-order valence-corrected chi connectivity index (χ3v) is 2.75. The van der Waals surface area contributed by atoms with Gasteiger partial charge in [0, 0.05) is 0 Å². The Morgan fingerprint density at radius 1 is 1.31 bits per heavy atom. The van der Waals surface area contributed by atoms with E-state index in [-0.39, 0.29) is 0 Å². The number of nitrogens with one attached hydrogen (secondary N) is 2. The van der Waals surface area contributed by atoms with Gasteiger partial charge in [-0.05, 0) is 18.2 Å². The molecule has 16 heavy (non-hydrogen) atoms. The molecule has 0 saturated heterocycles. The molecule has 0 saturated carbocycles. The lowest BCUT2D eigenvalue weighted by Crippen LogP contribution is -2.44. The average Bonchev–Trinajstić information content (AvgIpc) is 2.19. The second-order valence-corrected chi connectivity index (χ2v) is 4.32. The molecule has 88 valence electrons. The lowest BCUT2D eigenvalue weighted by Gasteiger charge is -2.07. The summed E-state index contributed by atoms with van der Waals surface area (Å²) in [6.45, 7) is 0. The first kappa shape index (κ1) is 12.3. The van der Waals surface area contributed by atoms with Gasteiger partial charge in [-0.2, -0.15) is 0 Å². The first-order chi connectivity index (χ1) is 7.33. The molecule has 4 N–H and O–H groups in total. The third kappa shape index (κ3) is 2.87. The van der Waals surface area contributed by atoms with Crippen LogP contribution in [0, 0.1) is 11.6 Å². The van der Waals surface area contributed by atoms with E-state index in [1.165, 1.54) is 4.83 Å². The highest BCUT2D eigenvalue weighted by atomic mass is 32.2. The molecule has 0 fully saturated rings. The van der Waals surface area contributed by atoms with E-state index >= 15 is 0 Å². The number of hydrazine groups is 1. The minimum atomic E-state index is -4.39. The van der Waals surface area contributed by atoms with Crippen molar-refractivity contribution >= 4 is 16.1 Å². The van der Waals surface area contributed by atoms with E-state index in [9.17, 15) is 22.0 Å². The van der Waals surface area contributed by atoms with Crippen molar-refractivity contribution in [2.45, 2.75) is 4.90 Å². The van der Waals surface area contributed by atoms with Crippen molar-refractivity contribution in [3.63, 3.8) is 0 Å². The van der Waals surface area contributed by atoms with Crippen LogP contribution < -0.4 is 16.0 Å². The molecule has 9 heteroatoms. The highest BCUT2D eigenvalue weighted by Gasteiger charge is 2.19. The molecule has 0 spiro atoms. The quantitative estimate of drug-likeness (QED) is 0.650. The van der Waals surface area contributed by atoms with Gasteiger partial charge in [0.15, 0.2) is 0 Å². The maximum absolute atomic E-state index is 13.1. The van der Waals surface area contributed by atoms with Crippen LogP contribution in [0.15, 0.2) is 23.1 Å². The van der Waals surface area contributed by atoms with Crippen molar-refractivity contribution in [3.05, 3.63) is 29.8 Å². The molecule has 2 amide bonds.